The standard InChI is InChI=1S/C19H25ClN2O3/c1-13(23)22(12-19(24)25)14-4-3-10-21(11-9-14)18-8-7-15-16(18)5-2-6-17(15)20/h2,5-6,14,18H,3-4,7-12H2,1H3,(H,24,25). The van der Waals surface area contributed by atoms with Crippen molar-refractivity contribution in [2.75, 3.05) is 19.6 Å². The highest BCUT2D eigenvalue weighted by Crippen LogP contribution is 2.40. The quantitative estimate of drug-likeness (QED) is 0.891. The van der Waals surface area contributed by atoms with Crippen LogP contribution in [-0.2, 0) is 16.0 Å². The van der Waals surface area contributed by atoms with Gasteiger partial charge in [-0.15, -0.1) is 0 Å². The zero-order chi connectivity index (χ0) is 18.0. The number of carbonyl (C=O) groups excluding carboxylic acids is 1. The van der Waals surface area contributed by atoms with E-state index in [9.17, 15) is 9.59 Å². The molecule has 0 spiro atoms. The normalized spacial score (nSPS) is 23.8. The fraction of sp³-hybridized carbons (Fsp3) is 0.579. The molecule has 2 unspecified atom stereocenters. The van der Waals surface area contributed by atoms with Gasteiger partial charge in [0.2, 0.25) is 5.91 Å². The number of carbonyl (C=O) groups is 2. The number of hydrogen-bond donors (Lipinski definition) is 1. The molecule has 0 saturated carbocycles. The third-order valence-electron chi connectivity index (χ3n) is 5.51. The molecule has 1 amide bonds. The summed E-state index contributed by atoms with van der Waals surface area (Å²) in [5, 5.41) is 9.94. The maximum atomic E-state index is 11.9. The van der Waals surface area contributed by atoms with Gasteiger partial charge in [0.05, 0.1) is 0 Å². The average molecular weight is 365 g/mol. The number of nitrogens with zero attached hydrogens (tertiary/aromatic N) is 2. The molecule has 5 nitrogen and oxygen atoms in total. The van der Waals surface area contributed by atoms with Gasteiger partial charge in [0.15, 0.2) is 0 Å². The number of hydrogen-bond acceptors (Lipinski definition) is 3. The molecule has 2 atom stereocenters. The van der Waals surface area contributed by atoms with E-state index in [0.29, 0.717) is 6.04 Å². The summed E-state index contributed by atoms with van der Waals surface area (Å²) in [6.07, 6.45) is 4.74. The molecule has 1 fully saturated rings. The predicted octanol–water partition coefficient (Wildman–Crippen LogP) is 3.11. The Morgan fingerprint density at radius 3 is 2.80 bits per heavy atom. The van der Waals surface area contributed by atoms with Crippen LogP contribution in [-0.4, -0.2) is 52.5 Å². The Kier molecular flexibility index (Phi) is 5.64. The Bertz CT molecular complexity index is 664. The van der Waals surface area contributed by atoms with Gasteiger partial charge in [-0.25, -0.2) is 0 Å². The maximum absolute atomic E-state index is 11.9. The highest BCUT2D eigenvalue weighted by molar-refractivity contribution is 6.31. The summed E-state index contributed by atoms with van der Waals surface area (Å²) < 4.78 is 0. The monoisotopic (exact) mass is 364 g/mol. The van der Waals surface area contributed by atoms with E-state index in [1.54, 1.807) is 0 Å². The minimum absolute atomic E-state index is 0.0128. The van der Waals surface area contributed by atoms with E-state index in [-0.39, 0.29) is 18.5 Å². The number of aliphatic carboxylic acids is 1. The molecular weight excluding hydrogens is 340 g/mol. The third kappa shape index (κ3) is 3.98. The first-order valence-electron chi connectivity index (χ1n) is 8.97. The number of amides is 1. The number of likely N-dealkylation sites (tertiary alicyclic amines) is 1. The van der Waals surface area contributed by atoms with Crippen LogP contribution in [0.5, 0.6) is 0 Å². The lowest BCUT2D eigenvalue weighted by atomic mass is 10.1. The second-order valence-corrected chi connectivity index (χ2v) is 7.43. The summed E-state index contributed by atoms with van der Waals surface area (Å²) in [5.41, 5.74) is 2.60. The van der Waals surface area contributed by atoms with Gasteiger partial charge in [0.1, 0.15) is 6.54 Å². The van der Waals surface area contributed by atoms with Crippen LogP contribution in [0.4, 0.5) is 0 Å². The average Bonchev–Trinajstić information content (AvgIpc) is 2.85. The highest BCUT2D eigenvalue weighted by Gasteiger charge is 2.32. The molecule has 25 heavy (non-hydrogen) atoms. The SMILES string of the molecule is CC(=O)N(CC(=O)O)C1CCCN(C2CCc3c(Cl)cccc32)CC1. The van der Waals surface area contributed by atoms with Crippen molar-refractivity contribution in [3.63, 3.8) is 0 Å². The summed E-state index contributed by atoms with van der Waals surface area (Å²) in [6, 6.07) is 6.55. The lowest BCUT2D eigenvalue weighted by Gasteiger charge is -2.30. The van der Waals surface area contributed by atoms with Crippen LogP contribution in [0.15, 0.2) is 18.2 Å². The topological polar surface area (TPSA) is 60.9 Å². The molecule has 6 heteroatoms. The molecular formula is C19H25ClN2O3. The van der Waals surface area contributed by atoms with Gasteiger partial charge in [0.25, 0.3) is 0 Å². The molecule has 0 bridgehead atoms. The number of halogens is 1. The van der Waals surface area contributed by atoms with E-state index in [1.165, 1.54) is 23.0 Å². The summed E-state index contributed by atoms with van der Waals surface area (Å²) in [7, 11) is 0. The van der Waals surface area contributed by atoms with Crippen LogP contribution in [0.3, 0.4) is 0 Å². The number of fused-ring (bicyclic) bond motifs is 1. The Labute approximate surface area is 153 Å². The van der Waals surface area contributed by atoms with E-state index >= 15 is 0 Å². The van der Waals surface area contributed by atoms with E-state index in [0.717, 1.165) is 50.2 Å². The van der Waals surface area contributed by atoms with E-state index in [1.807, 2.05) is 12.1 Å². The molecule has 1 aromatic carbocycles. The molecule has 0 radical (unpaired) electrons. The highest BCUT2D eigenvalue weighted by atomic mass is 35.5. The van der Waals surface area contributed by atoms with Crippen LogP contribution in [0.1, 0.15) is 49.8 Å². The van der Waals surface area contributed by atoms with Crippen molar-refractivity contribution in [1.82, 2.24) is 9.80 Å². The maximum Gasteiger partial charge on any atom is 0.323 e. The number of benzene rings is 1. The Balaban J connectivity index is 1.70. The summed E-state index contributed by atoms with van der Waals surface area (Å²) in [6.45, 7) is 3.11. The fourth-order valence-corrected chi connectivity index (χ4v) is 4.61. The second-order valence-electron chi connectivity index (χ2n) is 7.02. The van der Waals surface area contributed by atoms with Crippen molar-refractivity contribution in [2.45, 2.75) is 51.1 Å². The largest absolute Gasteiger partial charge is 0.480 e. The van der Waals surface area contributed by atoms with Gasteiger partial charge in [-0.05, 0) is 55.8 Å². The third-order valence-corrected chi connectivity index (χ3v) is 5.86. The lowest BCUT2D eigenvalue weighted by molar-refractivity contribution is -0.145. The zero-order valence-electron chi connectivity index (χ0n) is 14.6. The molecule has 1 aromatic rings. The van der Waals surface area contributed by atoms with E-state index < -0.39 is 5.97 Å². The van der Waals surface area contributed by atoms with Crippen molar-refractivity contribution in [1.29, 1.82) is 0 Å². The van der Waals surface area contributed by atoms with Crippen molar-refractivity contribution >= 4 is 23.5 Å². The zero-order valence-corrected chi connectivity index (χ0v) is 15.3. The van der Waals surface area contributed by atoms with Crippen molar-refractivity contribution in [2.24, 2.45) is 0 Å². The fourth-order valence-electron chi connectivity index (χ4n) is 4.33. The first-order valence-corrected chi connectivity index (χ1v) is 9.35. The van der Waals surface area contributed by atoms with Crippen LogP contribution in [0.2, 0.25) is 5.02 Å². The first-order chi connectivity index (χ1) is 12.0. The molecule has 0 aromatic heterocycles. The minimum atomic E-state index is -0.948. The second kappa shape index (κ2) is 7.75. The molecule has 1 N–H and O–H groups in total. The molecule has 1 aliphatic carbocycles. The van der Waals surface area contributed by atoms with Crippen LogP contribution in [0.25, 0.3) is 0 Å². The van der Waals surface area contributed by atoms with Crippen molar-refractivity contribution in [3.05, 3.63) is 34.3 Å². The van der Waals surface area contributed by atoms with Gasteiger partial charge < -0.3 is 10.0 Å². The number of carboxylic acid groups (broad SMARTS) is 1. The molecule has 1 aliphatic heterocycles. The molecule has 2 aliphatic rings. The van der Waals surface area contributed by atoms with Gasteiger partial charge >= 0.3 is 5.97 Å². The minimum Gasteiger partial charge on any atom is -0.480 e. The van der Waals surface area contributed by atoms with Crippen molar-refractivity contribution in [3.8, 4) is 0 Å². The van der Waals surface area contributed by atoms with Gasteiger partial charge in [0, 0.05) is 30.6 Å². The van der Waals surface area contributed by atoms with Crippen molar-refractivity contribution < 1.29 is 14.7 Å². The molecule has 136 valence electrons. The summed E-state index contributed by atoms with van der Waals surface area (Å²) in [4.78, 5) is 26.9. The van der Waals surface area contributed by atoms with Gasteiger partial charge in [-0.3, -0.25) is 14.5 Å². The molecule has 3 rings (SSSR count). The molecule has 1 heterocycles. The van der Waals surface area contributed by atoms with Gasteiger partial charge in [-0.1, -0.05) is 23.7 Å². The van der Waals surface area contributed by atoms with Gasteiger partial charge in [-0.2, -0.15) is 0 Å². The predicted molar refractivity (Wildman–Crippen MR) is 96.7 cm³/mol. The smallest absolute Gasteiger partial charge is 0.323 e. The Morgan fingerprint density at radius 2 is 2.08 bits per heavy atom. The molecule has 1 saturated heterocycles. The lowest BCUT2D eigenvalue weighted by Crippen LogP contribution is -2.42. The van der Waals surface area contributed by atoms with Crippen LogP contribution < -0.4 is 0 Å². The first kappa shape index (κ1) is 18.2. The summed E-state index contributed by atoms with van der Waals surface area (Å²) >= 11 is 6.34. The summed E-state index contributed by atoms with van der Waals surface area (Å²) in [5.74, 6) is -1.10. The Morgan fingerprint density at radius 1 is 1.28 bits per heavy atom. The van der Waals surface area contributed by atoms with E-state index in [2.05, 4.69) is 11.0 Å². The van der Waals surface area contributed by atoms with E-state index in [4.69, 9.17) is 16.7 Å². The van der Waals surface area contributed by atoms with Crippen LogP contribution in [0, 0.1) is 0 Å². The number of carboxylic acids is 1. The number of rotatable bonds is 4. The van der Waals surface area contributed by atoms with Crippen LogP contribution >= 0.6 is 11.6 Å². The Hall–Kier alpha value is -1.59.